The Bertz CT molecular complexity index is 576. The molecule has 0 saturated carbocycles. The lowest BCUT2D eigenvalue weighted by molar-refractivity contribution is -0.137. The first-order valence-corrected chi connectivity index (χ1v) is 6.75. The van der Waals surface area contributed by atoms with Crippen LogP contribution in [0.2, 0.25) is 0 Å². The maximum Gasteiger partial charge on any atom is 0.416 e. The zero-order valence-electron chi connectivity index (χ0n) is 10.2. The topological polar surface area (TPSA) is 26.0 Å². The highest BCUT2D eigenvalue weighted by atomic mass is 32.2. The smallest absolute Gasteiger partial charge is 0.398 e. The zero-order valence-corrected chi connectivity index (χ0v) is 11.0. The molecule has 0 aliphatic heterocycles. The van der Waals surface area contributed by atoms with Crippen LogP contribution in [0.1, 0.15) is 5.56 Å². The molecule has 0 bridgehead atoms. The highest BCUT2D eigenvalue weighted by Gasteiger charge is 2.30. The third-order valence-electron chi connectivity index (χ3n) is 2.78. The van der Waals surface area contributed by atoms with Gasteiger partial charge in [0.15, 0.2) is 0 Å². The van der Waals surface area contributed by atoms with Crippen LogP contribution in [0.25, 0.3) is 11.1 Å². The minimum absolute atomic E-state index is 0.131. The van der Waals surface area contributed by atoms with Gasteiger partial charge in [-0.3, -0.25) is 0 Å². The molecule has 0 aliphatic rings. The lowest BCUT2D eigenvalue weighted by Gasteiger charge is -2.11. The third-order valence-corrected chi connectivity index (χ3v) is 3.52. The maximum atomic E-state index is 12.5. The summed E-state index contributed by atoms with van der Waals surface area (Å²) in [6.45, 7) is 0. The molecule has 0 amide bonds. The van der Waals surface area contributed by atoms with Crippen LogP contribution in [0.5, 0.6) is 0 Å². The highest BCUT2D eigenvalue weighted by Crippen LogP contribution is 2.34. The Labute approximate surface area is 113 Å². The van der Waals surface area contributed by atoms with E-state index in [4.69, 9.17) is 5.73 Å². The van der Waals surface area contributed by atoms with Gasteiger partial charge in [-0.2, -0.15) is 13.2 Å². The molecule has 19 heavy (non-hydrogen) atoms. The molecular weight excluding hydrogens is 271 g/mol. The van der Waals surface area contributed by atoms with Crippen molar-refractivity contribution in [2.45, 2.75) is 11.1 Å². The number of hydrogen-bond acceptors (Lipinski definition) is 2. The Morgan fingerprint density at radius 2 is 1.63 bits per heavy atom. The Kier molecular flexibility index (Phi) is 3.75. The average Bonchev–Trinajstić information content (AvgIpc) is 2.38. The van der Waals surface area contributed by atoms with Gasteiger partial charge in [-0.25, -0.2) is 0 Å². The average molecular weight is 283 g/mol. The summed E-state index contributed by atoms with van der Waals surface area (Å²) in [5, 5.41) is 0. The van der Waals surface area contributed by atoms with Gasteiger partial charge in [-0.15, -0.1) is 11.8 Å². The molecule has 0 heterocycles. The van der Waals surface area contributed by atoms with Crippen molar-refractivity contribution in [1.29, 1.82) is 0 Å². The number of nitrogen functional groups attached to an aromatic ring is 1. The highest BCUT2D eigenvalue weighted by molar-refractivity contribution is 7.98. The number of rotatable bonds is 2. The molecule has 0 unspecified atom stereocenters. The normalized spacial score (nSPS) is 11.6. The van der Waals surface area contributed by atoms with Gasteiger partial charge in [-0.05, 0) is 36.1 Å². The van der Waals surface area contributed by atoms with E-state index in [2.05, 4.69) is 0 Å². The summed E-state index contributed by atoms with van der Waals surface area (Å²) in [6, 6.07) is 11.0. The molecule has 100 valence electrons. The Morgan fingerprint density at radius 3 is 2.11 bits per heavy atom. The van der Waals surface area contributed by atoms with E-state index in [1.54, 1.807) is 11.8 Å². The van der Waals surface area contributed by atoms with E-state index in [1.165, 1.54) is 6.07 Å². The second-order valence-corrected chi connectivity index (χ2v) is 4.91. The van der Waals surface area contributed by atoms with Gasteiger partial charge in [0.2, 0.25) is 0 Å². The van der Waals surface area contributed by atoms with Crippen LogP contribution in [0.3, 0.4) is 0 Å². The van der Waals surface area contributed by atoms with Crippen LogP contribution in [0.15, 0.2) is 47.4 Å². The fraction of sp³-hybridized carbons (Fsp3) is 0.143. The van der Waals surface area contributed by atoms with E-state index in [-0.39, 0.29) is 5.69 Å². The molecule has 2 aromatic carbocycles. The van der Waals surface area contributed by atoms with Gasteiger partial charge in [0, 0.05) is 16.1 Å². The Hall–Kier alpha value is -1.62. The number of anilines is 1. The summed E-state index contributed by atoms with van der Waals surface area (Å²) in [7, 11) is 0. The fourth-order valence-corrected chi connectivity index (χ4v) is 2.18. The van der Waals surface area contributed by atoms with E-state index in [1.807, 2.05) is 30.5 Å². The molecule has 0 aliphatic carbocycles. The standard InChI is InChI=1S/C14H12F3NS/c1-19-11-5-2-9(3-6-11)12-7-4-10(8-13(12)18)14(15,16)17/h2-8H,18H2,1H3. The predicted molar refractivity (Wildman–Crippen MR) is 73.1 cm³/mol. The molecule has 0 aromatic heterocycles. The summed E-state index contributed by atoms with van der Waals surface area (Å²) in [6.07, 6.45) is -2.41. The van der Waals surface area contributed by atoms with Crippen molar-refractivity contribution in [3.63, 3.8) is 0 Å². The molecular formula is C14H12F3NS. The number of alkyl halides is 3. The molecule has 1 nitrogen and oxygen atoms in total. The van der Waals surface area contributed by atoms with Gasteiger partial charge in [-0.1, -0.05) is 18.2 Å². The van der Waals surface area contributed by atoms with E-state index in [9.17, 15) is 13.2 Å². The largest absolute Gasteiger partial charge is 0.416 e. The quantitative estimate of drug-likeness (QED) is 0.640. The Morgan fingerprint density at radius 1 is 1.00 bits per heavy atom. The number of benzene rings is 2. The SMILES string of the molecule is CSc1ccc(-c2ccc(C(F)(F)F)cc2N)cc1. The second-order valence-electron chi connectivity index (χ2n) is 4.03. The molecule has 0 radical (unpaired) electrons. The van der Waals surface area contributed by atoms with Crippen LogP contribution >= 0.6 is 11.8 Å². The lowest BCUT2D eigenvalue weighted by atomic mass is 10.0. The van der Waals surface area contributed by atoms with E-state index < -0.39 is 11.7 Å². The van der Waals surface area contributed by atoms with Crippen LogP contribution < -0.4 is 5.73 Å². The minimum atomic E-state index is -4.37. The first-order chi connectivity index (χ1) is 8.91. The fourth-order valence-electron chi connectivity index (χ4n) is 1.77. The van der Waals surface area contributed by atoms with E-state index in [0.29, 0.717) is 5.56 Å². The van der Waals surface area contributed by atoms with Gasteiger partial charge in [0.25, 0.3) is 0 Å². The minimum Gasteiger partial charge on any atom is -0.398 e. The van der Waals surface area contributed by atoms with Gasteiger partial charge >= 0.3 is 6.18 Å². The van der Waals surface area contributed by atoms with Crippen LogP contribution in [-0.4, -0.2) is 6.26 Å². The first-order valence-electron chi connectivity index (χ1n) is 5.53. The third kappa shape index (κ3) is 3.04. The van der Waals surface area contributed by atoms with Crippen molar-refractivity contribution in [3.05, 3.63) is 48.0 Å². The van der Waals surface area contributed by atoms with E-state index in [0.717, 1.165) is 22.6 Å². The summed E-state index contributed by atoms with van der Waals surface area (Å²) in [4.78, 5) is 1.09. The summed E-state index contributed by atoms with van der Waals surface area (Å²) in [5.41, 5.74) is 6.54. The van der Waals surface area contributed by atoms with Crippen LogP contribution in [0, 0.1) is 0 Å². The van der Waals surface area contributed by atoms with Crippen molar-refractivity contribution in [2.24, 2.45) is 0 Å². The number of halogens is 3. The lowest BCUT2D eigenvalue weighted by Crippen LogP contribution is -2.05. The molecule has 5 heteroatoms. The number of thioether (sulfide) groups is 1. The van der Waals surface area contributed by atoms with Crippen molar-refractivity contribution in [1.82, 2.24) is 0 Å². The molecule has 0 saturated heterocycles. The van der Waals surface area contributed by atoms with Gasteiger partial charge in [0.05, 0.1) is 5.56 Å². The summed E-state index contributed by atoms with van der Waals surface area (Å²) < 4.78 is 37.6. The molecule has 2 aromatic rings. The van der Waals surface area contributed by atoms with Crippen LogP contribution in [0.4, 0.5) is 18.9 Å². The molecule has 2 rings (SSSR count). The summed E-state index contributed by atoms with van der Waals surface area (Å²) in [5.74, 6) is 0. The molecule has 0 atom stereocenters. The predicted octanol–water partition coefficient (Wildman–Crippen LogP) is 4.68. The monoisotopic (exact) mass is 283 g/mol. The van der Waals surface area contributed by atoms with Crippen molar-refractivity contribution < 1.29 is 13.2 Å². The zero-order chi connectivity index (χ0) is 14.0. The van der Waals surface area contributed by atoms with Crippen molar-refractivity contribution in [3.8, 4) is 11.1 Å². The van der Waals surface area contributed by atoms with E-state index >= 15 is 0 Å². The number of hydrogen-bond donors (Lipinski definition) is 1. The van der Waals surface area contributed by atoms with Crippen molar-refractivity contribution >= 4 is 17.4 Å². The second kappa shape index (κ2) is 5.17. The first kappa shape index (κ1) is 13.8. The van der Waals surface area contributed by atoms with Crippen LogP contribution in [-0.2, 0) is 6.18 Å². The molecule has 0 fully saturated rings. The summed E-state index contributed by atoms with van der Waals surface area (Å²) >= 11 is 1.60. The van der Waals surface area contributed by atoms with Gasteiger partial charge in [0.1, 0.15) is 0 Å². The molecule has 2 N–H and O–H groups in total. The Balaban J connectivity index is 2.40. The maximum absolute atomic E-state index is 12.5. The van der Waals surface area contributed by atoms with Gasteiger partial charge < -0.3 is 5.73 Å². The number of nitrogens with two attached hydrogens (primary N) is 1. The van der Waals surface area contributed by atoms with Crippen molar-refractivity contribution in [2.75, 3.05) is 12.0 Å². The molecule has 0 spiro atoms.